The monoisotopic (exact) mass is 273 g/mol. The van der Waals surface area contributed by atoms with Crippen LogP contribution in [0.15, 0.2) is 27.6 Å². The summed E-state index contributed by atoms with van der Waals surface area (Å²) < 4.78 is 1.08. The topological polar surface area (TPSA) is 32.3 Å². The summed E-state index contributed by atoms with van der Waals surface area (Å²) >= 11 is 5.18. The van der Waals surface area contributed by atoms with E-state index in [1.54, 1.807) is 11.8 Å². The molecule has 1 heterocycles. The van der Waals surface area contributed by atoms with Gasteiger partial charge in [-0.15, -0.1) is 11.8 Å². The van der Waals surface area contributed by atoms with E-state index in [1.807, 2.05) is 6.07 Å². The number of hydrogen-bond donors (Lipinski definition) is 2. The molecule has 2 atom stereocenters. The average molecular weight is 274 g/mol. The molecule has 2 nitrogen and oxygen atoms in total. The fourth-order valence-electron chi connectivity index (χ4n) is 1.52. The second-order valence-corrected chi connectivity index (χ2v) is 5.61. The highest BCUT2D eigenvalue weighted by Crippen LogP contribution is 2.38. The molecule has 0 saturated carbocycles. The lowest BCUT2D eigenvalue weighted by Gasteiger charge is -2.30. The summed E-state index contributed by atoms with van der Waals surface area (Å²) in [5, 5.41) is 12.8. The normalized spacial score (nSPS) is 25.4. The number of halogens is 1. The molecule has 1 aliphatic rings. The number of fused-ring (bicyclic) bond motifs is 1. The molecular formula is C10H12BrNOS. The summed E-state index contributed by atoms with van der Waals surface area (Å²) in [5.74, 6) is 0. The van der Waals surface area contributed by atoms with Gasteiger partial charge in [-0.1, -0.05) is 15.9 Å². The van der Waals surface area contributed by atoms with E-state index in [-0.39, 0.29) is 11.9 Å². The van der Waals surface area contributed by atoms with Crippen molar-refractivity contribution in [3.8, 4) is 0 Å². The molecule has 0 aliphatic carbocycles. The summed E-state index contributed by atoms with van der Waals surface area (Å²) in [4.78, 5) is 1.21. The maximum absolute atomic E-state index is 9.17. The molecule has 4 heteroatoms. The first-order valence-corrected chi connectivity index (χ1v) is 6.21. The van der Waals surface area contributed by atoms with Crippen molar-refractivity contribution >= 4 is 33.4 Å². The molecular weight excluding hydrogens is 262 g/mol. The van der Waals surface area contributed by atoms with Crippen molar-refractivity contribution in [2.45, 2.75) is 23.1 Å². The molecule has 1 aromatic rings. The van der Waals surface area contributed by atoms with Gasteiger partial charge in [0.2, 0.25) is 0 Å². The van der Waals surface area contributed by atoms with Crippen LogP contribution in [0, 0.1) is 0 Å². The highest BCUT2D eigenvalue weighted by atomic mass is 79.9. The number of anilines is 1. The van der Waals surface area contributed by atoms with E-state index in [2.05, 4.69) is 40.3 Å². The van der Waals surface area contributed by atoms with Crippen LogP contribution < -0.4 is 5.32 Å². The predicted octanol–water partition coefficient (Wildman–Crippen LogP) is 2.72. The fourth-order valence-corrected chi connectivity index (χ4v) is 2.94. The molecule has 0 radical (unpaired) electrons. The molecule has 0 aromatic heterocycles. The van der Waals surface area contributed by atoms with Gasteiger partial charge < -0.3 is 10.4 Å². The van der Waals surface area contributed by atoms with Crippen LogP contribution >= 0.6 is 27.7 Å². The Balaban J connectivity index is 2.30. The van der Waals surface area contributed by atoms with Gasteiger partial charge in [0, 0.05) is 21.1 Å². The third-order valence-electron chi connectivity index (χ3n) is 2.34. The molecule has 2 N–H and O–H groups in total. The largest absolute Gasteiger partial charge is 0.395 e. The molecule has 0 spiro atoms. The molecule has 14 heavy (non-hydrogen) atoms. The fraction of sp³-hybridized carbons (Fsp3) is 0.400. The summed E-state index contributed by atoms with van der Waals surface area (Å²) in [7, 11) is 0. The summed E-state index contributed by atoms with van der Waals surface area (Å²) in [6, 6.07) is 6.49. The van der Waals surface area contributed by atoms with Crippen molar-refractivity contribution in [2.75, 3.05) is 11.9 Å². The molecule has 76 valence electrons. The van der Waals surface area contributed by atoms with E-state index < -0.39 is 0 Å². The van der Waals surface area contributed by atoms with Gasteiger partial charge in [-0.2, -0.15) is 0 Å². The standard InChI is InChI=1S/C10H12BrNOS/c1-6-10(5-13)14-9-3-2-7(11)4-8(9)12-6/h2-4,6,10,12-13H,5H2,1H3. The summed E-state index contributed by atoms with van der Waals surface area (Å²) in [6.45, 7) is 2.31. The van der Waals surface area contributed by atoms with E-state index in [4.69, 9.17) is 0 Å². The van der Waals surface area contributed by atoms with Gasteiger partial charge >= 0.3 is 0 Å². The third-order valence-corrected chi connectivity index (χ3v) is 4.30. The van der Waals surface area contributed by atoms with Crippen LogP contribution in [0.25, 0.3) is 0 Å². The van der Waals surface area contributed by atoms with E-state index in [0.29, 0.717) is 6.04 Å². The number of aliphatic hydroxyl groups excluding tert-OH is 1. The Morgan fingerprint density at radius 1 is 1.57 bits per heavy atom. The smallest absolute Gasteiger partial charge is 0.0573 e. The van der Waals surface area contributed by atoms with Gasteiger partial charge in [-0.25, -0.2) is 0 Å². The molecule has 0 bridgehead atoms. The molecule has 0 fully saturated rings. The minimum atomic E-state index is 0.217. The zero-order valence-electron chi connectivity index (χ0n) is 7.83. The third kappa shape index (κ3) is 1.92. The second kappa shape index (κ2) is 4.13. The van der Waals surface area contributed by atoms with Crippen molar-refractivity contribution in [1.82, 2.24) is 0 Å². The lowest BCUT2D eigenvalue weighted by molar-refractivity contribution is 0.287. The summed E-state index contributed by atoms with van der Waals surface area (Å²) in [6.07, 6.45) is 0. The first-order valence-electron chi connectivity index (χ1n) is 4.54. The molecule has 1 aliphatic heterocycles. The second-order valence-electron chi connectivity index (χ2n) is 3.41. The Kier molecular flexibility index (Phi) is 3.04. The van der Waals surface area contributed by atoms with Crippen LogP contribution in [-0.4, -0.2) is 23.0 Å². The molecule has 2 rings (SSSR count). The SMILES string of the molecule is CC1Nc2cc(Br)ccc2SC1CO. The highest BCUT2D eigenvalue weighted by molar-refractivity contribution is 9.10. The Bertz CT molecular complexity index is 345. The highest BCUT2D eigenvalue weighted by Gasteiger charge is 2.24. The maximum Gasteiger partial charge on any atom is 0.0573 e. The quantitative estimate of drug-likeness (QED) is 0.826. The zero-order chi connectivity index (χ0) is 10.1. The van der Waals surface area contributed by atoms with Crippen LogP contribution in [-0.2, 0) is 0 Å². The van der Waals surface area contributed by atoms with Crippen molar-refractivity contribution in [3.05, 3.63) is 22.7 Å². The van der Waals surface area contributed by atoms with Crippen LogP contribution in [0.5, 0.6) is 0 Å². The van der Waals surface area contributed by atoms with Crippen LogP contribution in [0.2, 0.25) is 0 Å². The minimum absolute atomic E-state index is 0.217. The van der Waals surface area contributed by atoms with Crippen LogP contribution in [0.3, 0.4) is 0 Å². The Morgan fingerprint density at radius 2 is 2.36 bits per heavy atom. The van der Waals surface area contributed by atoms with E-state index >= 15 is 0 Å². The van der Waals surface area contributed by atoms with Gasteiger partial charge in [-0.3, -0.25) is 0 Å². The van der Waals surface area contributed by atoms with Crippen LogP contribution in [0.1, 0.15) is 6.92 Å². The number of benzene rings is 1. The van der Waals surface area contributed by atoms with Crippen LogP contribution in [0.4, 0.5) is 5.69 Å². The number of thioether (sulfide) groups is 1. The van der Waals surface area contributed by atoms with Gasteiger partial charge in [0.1, 0.15) is 0 Å². The molecule has 1 aromatic carbocycles. The van der Waals surface area contributed by atoms with Gasteiger partial charge in [0.05, 0.1) is 11.9 Å². The first kappa shape index (κ1) is 10.3. The zero-order valence-corrected chi connectivity index (χ0v) is 10.2. The van der Waals surface area contributed by atoms with E-state index in [1.165, 1.54) is 4.90 Å². The molecule has 0 amide bonds. The van der Waals surface area contributed by atoms with Crippen molar-refractivity contribution in [2.24, 2.45) is 0 Å². The summed E-state index contributed by atoms with van der Waals surface area (Å²) in [5.41, 5.74) is 1.15. The van der Waals surface area contributed by atoms with Gasteiger partial charge in [-0.05, 0) is 25.1 Å². The lowest BCUT2D eigenvalue weighted by Crippen LogP contribution is -2.34. The number of hydrogen-bond acceptors (Lipinski definition) is 3. The number of rotatable bonds is 1. The lowest BCUT2D eigenvalue weighted by atomic mass is 10.2. The van der Waals surface area contributed by atoms with Gasteiger partial charge in [0.15, 0.2) is 0 Å². The van der Waals surface area contributed by atoms with Crippen molar-refractivity contribution < 1.29 is 5.11 Å². The van der Waals surface area contributed by atoms with Gasteiger partial charge in [0.25, 0.3) is 0 Å². The Labute approximate surface area is 96.2 Å². The van der Waals surface area contributed by atoms with E-state index in [9.17, 15) is 5.11 Å². The first-order chi connectivity index (χ1) is 6.70. The van der Waals surface area contributed by atoms with Crippen molar-refractivity contribution in [3.63, 3.8) is 0 Å². The Morgan fingerprint density at radius 3 is 3.07 bits per heavy atom. The molecule has 0 saturated heterocycles. The van der Waals surface area contributed by atoms with Crippen molar-refractivity contribution in [1.29, 1.82) is 0 Å². The Hall–Kier alpha value is -0.190. The maximum atomic E-state index is 9.17. The predicted molar refractivity (Wildman–Crippen MR) is 64.0 cm³/mol. The number of nitrogens with one attached hydrogen (secondary N) is 1. The average Bonchev–Trinajstić information content (AvgIpc) is 2.16. The molecule has 2 unspecified atom stereocenters. The minimum Gasteiger partial charge on any atom is -0.395 e. The van der Waals surface area contributed by atoms with E-state index in [0.717, 1.165) is 10.2 Å². The number of aliphatic hydroxyl groups is 1.